The quantitative estimate of drug-likeness (QED) is 0.874. The van der Waals surface area contributed by atoms with Gasteiger partial charge < -0.3 is 0 Å². The maximum absolute atomic E-state index is 11.1. The summed E-state index contributed by atoms with van der Waals surface area (Å²) in [5.74, 6) is 0. The lowest BCUT2D eigenvalue weighted by Gasteiger charge is -2.00. The third kappa shape index (κ3) is 2.55. The molecule has 0 amide bonds. The average Bonchev–Trinajstić information content (AvgIpc) is 2.78. The first-order valence-corrected chi connectivity index (χ1v) is 6.84. The van der Waals surface area contributed by atoms with Crippen LogP contribution in [0.1, 0.15) is 19.0 Å². The lowest BCUT2D eigenvalue weighted by Crippen LogP contribution is -2.00. The Bertz CT molecular complexity index is 522. The second kappa shape index (κ2) is 5.13. The van der Waals surface area contributed by atoms with Gasteiger partial charge in [0.1, 0.15) is 5.69 Å². The van der Waals surface area contributed by atoms with Crippen molar-refractivity contribution in [3.8, 4) is 11.3 Å². The van der Waals surface area contributed by atoms with Crippen molar-refractivity contribution >= 4 is 10.8 Å². The Morgan fingerprint density at radius 2 is 2.18 bits per heavy atom. The molecule has 17 heavy (non-hydrogen) atoms. The number of nitrogens with zero attached hydrogens (tertiary/aromatic N) is 4. The molecular weight excluding hydrogens is 238 g/mol. The van der Waals surface area contributed by atoms with Crippen LogP contribution < -0.4 is 0 Å². The Hall–Kier alpha value is -1.63. The number of aryl methyl sites for hydroxylation is 1. The molecule has 1 N–H and O–H groups in total. The first-order valence-electron chi connectivity index (χ1n) is 5.28. The third-order valence-electron chi connectivity index (χ3n) is 2.29. The summed E-state index contributed by atoms with van der Waals surface area (Å²) < 4.78 is 11.1. The summed E-state index contributed by atoms with van der Waals surface area (Å²) in [7, 11) is -1.20. The summed E-state index contributed by atoms with van der Waals surface area (Å²) in [6, 6.07) is 0. The van der Waals surface area contributed by atoms with Crippen LogP contribution in [-0.4, -0.2) is 35.8 Å². The smallest absolute Gasteiger partial charge is 0.239 e. The van der Waals surface area contributed by atoms with Crippen molar-refractivity contribution in [3.05, 3.63) is 18.1 Å². The van der Waals surface area contributed by atoms with E-state index in [0.29, 0.717) is 5.69 Å². The molecule has 0 aromatic carbocycles. The number of H-pyrrole nitrogens is 1. The van der Waals surface area contributed by atoms with E-state index in [9.17, 15) is 4.21 Å². The molecule has 0 fully saturated rings. The first kappa shape index (κ1) is 11.8. The average molecular weight is 251 g/mol. The van der Waals surface area contributed by atoms with Crippen LogP contribution in [0.15, 0.2) is 17.6 Å². The Morgan fingerprint density at radius 3 is 2.76 bits per heavy atom. The van der Waals surface area contributed by atoms with Crippen molar-refractivity contribution in [2.24, 2.45) is 0 Å². The first-order chi connectivity index (χ1) is 8.22. The largest absolute Gasteiger partial charge is 0.282 e. The van der Waals surface area contributed by atoms with E-state index < -0.39 is 10.8 Å². The molecule has 0 bridgehead atoms. The van der Waals surface area contributed by atoms with Crippen molar-refractivity contribution in [1.82, 2.24) is 25.4 Å². The molecule has 1 unspecified atom stereocenters. The summed E-state index contributed by atoms with van der Waals surface area (Å²) in [6.45, 7) is 2.10. The van der Waals surface area contributed by atoms with Gasteiger partial charge in [0.05, 0.1) is 23.2 Å². The van der Waals surface area contributed by atoms with Crippen LogP contribution in [0.2, 0.25) is 0 Å². The van der Waals surface area contributed by atoms with Crippen LogP contribution in [0.4, 0.5) is 0 Å². The van der Waals surface area contributed by atoms with Gasteiger partial charge in [0, 0.05) is 17.5 Å². The van der Waals surface area contributed by atoms with Crippen molar-refractivity contribution in [1.29, 1.82) is 0 Å². The zero-order valence-electron chi connectivity index (χ0n) is 9.67. The van der Waals surface area contributed by atoms with Crippen LogP contribution in [0.25, 0.3) is 11.3 Å². The van der Waals surface area contributed by atoms with Crippen LogP contribution >= 0.6 is 0 Å². The molecule has 0 aliphatic rings. The predicted octanol–water partition coefficient (Wildman–Crippen LogP) is 0.952. The van der Waals surface area contributed by atoms with Gasteiger partial charge in [-0.3, -0.25) is 9.31 Å². The molecule has 2 aromatic heterocycles. The van der Waals surface area contributed by atoms with E-state index in [-0.39, 0.29) is 5.16 Å². The number of aromatic amines is 1. The molecule has 1 atom stereocenters. The minimum absolute atomic E-state index is 0.245. The van der Waals surface area contributed by atoms with Crippen molar-refractivity contribution < 1.29 is 4.21 Å². The van der Waals surface area contributed by atoms with E-state index in [0.717, 1.165) is 24.1 Å². The molecule has 0 radical (unpaired) electrons. The number of rotatable bonds is 4. The molecule has 2 rings (SSSR count). The highest BCUT2D eigenvalue weighted by molar-refractivity contribution is 7.84. The highest BCUT2D eigenvalue weighted by Crippen LogP contribution is 2.19. The maximum atomic E-state index is 11.1. The molecule has 90 valence electrons. The minimum atomic E-state index is -1.20. The van der Waals surface area contributed by atoms with Crippen molar-refractivity contribution in [2.75, 3.05) is 6.26 Å². The van der Waals surface area contributed by atoms with Gasteiger partial charge in [0.25, 0.3) is 0 Å². The number of hydrogen-bond acceptors (Lipinski definition) is 5. The van der Waals surface area contributed by atoms with Crippen LogP contribution in [-0.2, 0) is 17.2 Å². The number of nitrogens with one attached hydrogen (secondary N) is 1. The molecule has 0 saturated carbocycles. The molecule has 0 spiro atoms. The zero-order valence-corrected chi connectivity index (χ0v) is 10.5. The van der Waals surface area contributed by atoms with E-state index in [2.05, 4.69) is 32.3 Å². The van der Waals surface area contributed by atoms with E-state index in [1.807, 2.05) is 0 Å². The molecule has 2 aromatic rings. The molecule has 6 nitrogen and oxygen atoms in total. The lowest BCUT2D eigenvalue weighted by atomic mass is 10.1. The van der Waals surface area contributed by atoms with Crippen LogP contribution in [0.5, 0.6) is 0 Å². The lowest BCUT2D eigenvalue weighted by molar-refractivity contribution is 0.675. The van der Waals surface area contributed by atoms with E-state index in [1.54, 1.807) is 12.4 Å². The fourth-order valence-corrected chi connectivity index (χ4v) is 1.85. The summed E-state index contributed by atoms with van der Waals surface area (Å²) >= 11 is 0. The van der Waals surface area contributed by atoms with Gasteiger partial charge in [0.15, 0.2) is 0 Å². The van der Waals surface area contributed by atoms with Gasteiger partial charge in [-0.25, -0.2) is 4.98 Å². The third-order valence-corrected chi connectivity index (χ3v) is 2.99. The van der Waals surface area contributed by atoms with Gasteiger partial charge in [-0.1, -0.05) is 13.3 Å². The highest BCUT2D eigenvalue weighted by Gasteiger charge is 2.10. The Morgan fingerprint density at radius 1 is 1.35 bits per heavy atom. The Kier molecular flexibility index (Phi) is 3.58. The van der Waals surface area contributed by atoms with E-state index >= 15 is 0 Å². The topological polar surface area (TPSA) is 84.4 Å². The number of hydrogen-bond donors (Lipinski definition) is 1. The van der Waals surface area contributed by atoms with E-state index in [4.69, 9.17) is 0 Å². The standard InChI is InChI=1S/C10H13N5OS/c1-3-4-8-7(5-12-13-8)9-6-11-10(15-14-9)17(2)16/h5-6H,3-4H2,1-2H3,(H,12,13). The zero-order chi connectivity index (χ0) is 12.3. The van der Waals surface area contributed by atoms with Gasteiger partial charge in [0.2, 0.25) is 5.16 Å². The second-order valence-electron chi connectivity index (χ2n) is 3.59. The minimum Gasteiger partial charge on any atom is -0.282 e. The summed E-state index contributed by atoms with van der Waals surface area (Å²) in [5.41, 5.74) is 2.57. The van der Waals surface area contributed by atoms with Gasteiger partial charge in [-0.05, 0) is 6.42 Å². The second-order valence-corrected chi connectivity index (χ2v) is 4.87. The summed E-state index contributed by atoms with van der Waals surface area (Å²) in [4.78, 5) is 4.02. The molecule has 0 saturated heterocycles. The van der Waals surface area contributed by atoms with Gasteiger partial charge in [-0.2, -0.15) is 5.10 Å². The van der Waals surface area contributed by atoms with Crippen molar-refractivity contribution in [3.63, 3.8) is 0 Å². The monoisotopic (exact) mass is 251 g/mol. The molecule has 0 aliphatic heterocycles. The van der Waals surface area contributed by atoms with E-state index in [1.165, 1.54) is 6.26 Å². The van der Waals surface area contributed by atoms with Gasteiger partial charge >= 0.3 is 0 Å². The summed E-state index contributed by atoms with van der Waals surface area (Å²) in [6.07, 6.45) is 6.73. The Labute approximate surface area is 101 Å². The fourth-order valence-electron chi connectivity index (χ4n) is 1.49. The molecule has 2 heterocycles. The molecule has 7 heteroatoms. The Balaban J connectivity index is 2.33. The molecule has 0 aliphatic carbocycles. The fraction of sp³-hybridized carbons (Fsp3) is 0.400. The number of aromatic nitrogens is 5. The highest BCUT2D eigenvalue weighted by atomic mass is 32.2. The van der Waals surface area contributed by atoms with Crippen LogP contribution in [0, 0.1) is 0 Å². The maximum Gasteiger partial charge on any atom is 0.239 e. The van der Waals surface area contributed by atoms with Crippen molar-refractivity contribution in [2.45, 2.75) is 24.9 Å². The predicted molar refractivity (Wildman–Crippen MR) is 63.7 cm³/mol. The summed E-state index contributed by atoms with van der Waals surface area (Å²) in [5, 5.41) is 15.0. The molecular formula is C10H13N5OS. The van der Waals surface area contributed by atoms with Crippen LogP contribution in [0.3, 0.4) is 0 Å². The SMILES string of the molecule is CCCc1[nH]ncc1-c1cnc(S(C)=O)nn1. The normalized spacial score (nSPS) is 12.6. The van der Waals surface area contributed by atoms with Gasteiger partial charge in [-0.15, -0.1) is 10.2 Å².